The van der Waals surface area contributed by atoms with Gasteiger partial charge in [0.15, 0.2) is 0 Å². The number of morpholine rings is 1. The van der Waals surface area contributed by atoms with Crippen LogP contribution in [-0.2, 0) is 16.1 Å². The number of rotatable bonds is 4. The van der Waals surface area contributed by atoms with E-state index in [0.717, 1.165) is 22.6 Å². The van der Waals surface area contributed by atoms with Gasteiger partial charge in [-0.05, 0) is 43.7 Å². The summed E-state index contributed by atoms with van der Waals surface area (Å²) in [6.45, 7) is 5.48. The molecule has 2 amide bonds. The topological polar surface area (TPSA) is 67.7 Å². The highest BCUT2D eigenvalue weighted by atomic mass is 16.5. The van der Waals surface area contributed by atoms with E-state index in [2.05, 4.69) is 5.10 Å². The molecule has 1 aromatic heterocycles. The number of carbonyl (C=O) groups is 2. The van der Waals surface area contributed by atoms with Crippen molar-refractivity contribution >= 4 is 11.8 Å². The molecule has 3 heterocycles. The number of hydrogen-bond acceptors (Lipinski definition) is 4. The Morgan fingerprint density at radius 3 is 2.62 bits per heavy atom. The van der Waals surface area contributed by atoms with Crippen LogP contribution in [0.25, 0.3) is 5.69 Å². The van der Waals surface area contributed by atoms with Crippen LogP contribution >= 0.6 is 0 Å². The van der Waals surface area contributed by atoms with Crippen molar-refractivity contribution in [2.45, 2.75) is 32.5 Å². The number of aryl methyl sites for hydroxylation is 2. The molecule has 2 aliphatic heterocycles. The van der Waals surface area contributed by atoms with E-state index in [1.54, 1.807) is 4.90 Å². The van der Waals surface area contributed by atoms with Crippen molar-refractivity contribution in [2.75, 3.05) is 19.7 Å². The minimum absolute atomic E-state index is 0.0315. The minimum Gasteiger partial charge on any atom is -0.364 e. The Bertz CT molecular complexity index is 1160. The SMILES string of the molecule is Cc1cc(C)n(-c2cccc(C(=O)N3C[C@@H]4[C@@H](C3)OCC(=O)N4Cc3ccccc3)c2)n1. The first-order valence-electron chi connectivity index (χ1n) is 10.9. The molecule has 164 valence electrons. The summed E-state index contributed by atoms with van der Waals surface area (Å²) in [5.74, 6) is -0.0885. The Labute approximate surface area is 187 Å². The van der Waals surface area contributed by atoms with Crippen LogP contribution in [0.5, 0.6) is 0 Å². The van der Waals surface area contributed by atoms with Gasteiger partial charge < -0.3 is 14.5 Å². The van der Waals surface area contributed by atoms with E-state index in [0.29, 0.717) is 25.2 Å². The Morgan fingerprint density at radius 2 is 1.88 bits per heavy atom. The van der Waals surface area contributed by atoms with E-state index in [-0.39, 0.29) is 30.6 Å². The highest BCUT2D eigenvalue weighted by molar-refractivity contribution is 5.95. The predicted molar refractivity (Wildman–Crippen MR) is 119 cm³/mol. The first kappa shape index (κ1) is 20.5. The quantitative estimate of drug-likeness (QED) is 0.638. The number of amides is 2. The van der Waals surface area contributed by atoms with Crippen molar-refractivity contribution in [3.8, 4) is 5.69 Å². The Balaban J connectivity index is 1.35. The number of aromatic nitrogens is 2. The average Bonchev–Trinajstić information content (AvgIpc) is 3.39. The first-order chi connectivity index (χ1) is 15.5. The zero-order chi connectivity index (χ0) is 22.2. The van der Waals surface area contributed by atoms with E-state index < -0.39 is 0 Å². The smallest absolute Gasteiger partial charge is 0.254 e. The zero-order valence-electron chi connectivity index (χ0n) is 18.3. The van der Waals surface area contributed by atoms with E-state index in [9.17, 15) is 9.59 Å². The summed E-state index contributed by atoms with van der Waals surface area (Å²) in [4.78, 5) is 29.6. The van der Waals surface area contributed by atoms with Crippen molar-refractivity contribution in [3.63, 3.8) is 0 Å². The summed E-state index contributed by atoms with van der Waals surface area (Å²) in [6.07, 6.45) is -0.167. The fourth-order valence-electron chi connectivity index (χ4n) is 4.66. The van der Waals surface area contributed by atoms with Crippen LogP contribution in [0, 0.1) is 13.8 Å². The van der Waals surface area contributed by atoms with Crippen LogP contribution in [0.2, 0.25) is 0 Å². The summed E-state index contributed by atoms with van der Waals surface area (Å²) in [5.41, 5.74) is 4.49. The third-order valence-corrected chi connectivity index (χ3v) is 6.21. The number of hydrogen-bond donors (Lipinski definition) is 0. The Kier molecular flexibility index (Phi) is 5.27. The Morgan fingerprint density at radius 1 is 1.06 bits per heavy atom. The Hall–Kier alpha value is -3.45. The third-order valence-electron chi connectivity index (χ3n) is 6.21. The lowest BCUT2D eigenvalue weighted by Crippen LogP contribution is -2.53. The molecule has 7 nitrogen and oxygen atoms in total. The van der Waals surface area contributed by atoms with Crippen molar-refractivity contribution < 1.29 is 14.3 Å². The predicted octanol–water partition coefficient (Wildman–Crippen LogP) is 2.74. The standard InChI is InChI=1S/C25H26N4O3/c1-17-11-18(2)29(26-17)21-10-6-9-20(12-21)25(31)27-14-22-23(15-27)32-16-24(30)28(22)13-19-7-4-3-5-8-19/h3-12,22-23H,13-16H2,1-2H3/t22-,23-/m1/s1. The normalized spacial score (nSPS) is 20.5. The van der Waals surface area contributed by atoms with Gasteiger partial charge in [-0.25, -0.2) is 4.68 Å². The van der Waals surface area contributed by atoms with E-state index >= 15 is 0 Å². The van der Waals surface area contributed by atoms with Gasteiger partial charge in [0.25, 0.3) is 5.91 Å². The van der Waals surface area contributed by atoms with Gasteiger partial charge in [0.1, 0.15) is 6.61 Å². The summed E-state index contributed by atoms with van der Waals surface area (Å²) in [5, 5.41) is 4.52. The molecule has 2 atom stereocenters. The van der Waals surface area contributed by atoms with Crippen molar-refractivity contribution in [1.82, 2.24) is 19.6 Å². The zero-order valence-corrected chi connectivity index (χ0v) is 18.3. The number of likely N-dealkylation sites (tertiary alicyclic amines) is 1. The van der Waals surface area contributed by atoms with Gasteiger partial charge in [0, 0.05) is 30.9 Å². The molecule has 3 aromatic rings. The maximum absolute atomic E-state index is 13.3. The van der Waals surface area contributed by atoms with Crippen LogP contribution in [0.4, 0.5) is 0 Å². The van der Waals surface area contributed by atoms with Gasteiger partial charge in [-0.2, -0.15) is 5.10 Å². The average molecular weight is 431 g/mol. The molecule has 32 heavy (non-hydrogen) atoms. The second kappa shape index (κ2) is 8.24. The molecule has 0 aliphatic carbocycles. The second-order valence-electron chi connectivity index (χ2n) is 8.52. The molecule has 7 heteroatoms. The van der Waals surface area contributed by atoms with Crippen LogP contribution in [-0.4, -0.2) is 63.2 Å². The number of nitrogens with zero attached hydrogens (tertiary/aromatic N) is 4. The van der Waals surface area contributed by atoms with Gasteiger partial charge in [-0.15, -0.1) is 0 Å². The fourth-order valence-corrected chi connectivity index (χ4v) is 4.66. The van der Waals surface area contributed by atoms with Crippen molar-refractivity contribution in [2.24, 2.45) is 0 Å². The molecule has 2 saturated heterocycles. The molecule has 2 fully saturated rings. The van der Waals surface area contributed by atoms with Crippen LogP contribution in [0.15, 0.2) is 60.7 Å². The number of ether oxygens (including phenoxy) is 1. The maximum atomic E-state index is 13.3. The minimum atomic E-state index is -0.167. The van der Waals surface area contributed by atoms with Crippen LogP contribution < -0.4 is 0 Å². The molecular formula is C25H26N4O3. The molecule has 0 saturated carbocycles. The summed E-state index contributed by atoms with van der Waals surface area (Å²) >= 11 is 0. The number of fused-ring (bicyclic) bond motifs is 1. The fraction of sp³-hybridized carbons (Fsp3) is 0.320. The molecule has 2 aliphatic rings. The summed E-state index contributed by atoms with van der Waals surface area (Å²) in [6, 6.07) is 19.3. The maximum Gasteiger partial charge on any atom is 0.254 e. The van der Waals surface area contributed by atoms with E-state index in [4.69, 9.17) is 4.74 Å². The van der Waals surface area contributed by atoms with Crippen molar-refractivity contribution in [1.29, 1.82) is 0 Å². The third kappa shape index (κ3) is 3.80. The van der Waals surface area contributed by atoms with Crippen molar-refractivity contribution in [3.05, 3.63) is 83.2 Å². The van der Waals surface area contributed by atoms with Gasteiger partial charge >= 0.3 is 0 Å². The first-order valence-corrected chi connectivity index (χ1v) is 10.9. The molecule has 0 spiro atoms. The number of benzene rings is 2. The van der Waals surface area contributed by atoms with Gasteiger partial charge in [-0.1, -0.05) is 36.4 Å². The molecule has 0 unspecified atom stereocenters. The van der Waals surface area contributed by atoms with E-state index in [1.807, 2.05) is 84.1 Å². The number of carbonyl (C=O) groups excluding carboxylic acids is 2. The molecule has 2 aromatic carbocycles. The lowest BCUT2D eigenvalue weighted by molar-refractivity contribution is -0.153. The summed E-state index contributed by atoms with van der Waals surface area (Å²) in [7, 11) is 0. The molecular weight excluding hydrogens is 404 g/mol. The van der Waals surface area contributed by atoms with Gasteiger partial charge in [-0.3, -0.25) is 9.59 Å². The molecule has 0 N–H and O–H groups in total. The van der Waals surface area contributed by atoms with Gasteiger partial charge in [0.2, 0.25) is 5.91 Å². The van der Waals surface area contributed by atoms with Gasteiger partial charge in [0.05, 0.1) is 23.5 Å². The second-order valence-corrected chi connectivity index (χ2v) is 8.52. The van der Waals surface area contributed by atoms with Crippen LogP contribution in [0.1, 0.15) is 27.3 Å². The highest BCUT2D eigenvalue weighted by Gasteiger charge is 2.44. The molecule has 0 radical (unpaired) electrons. The van der Waals surface area contributed by atoms with Crippen LogP contribution in [0.3, 0.4) is 0 Å². The van der Waals surface area contributed by atoms with E-state index in [1.165, 1.54) is 0 Å². The summed E-state index contributed by atoms with van der Waals surface area (Å²) < 4.78 is 7.66. The lowest BCUT2D eigenvalue weighted by atomic mass is 10.1. The molecule has 0 bridgehead atoms. The lowest BCUT2D eigenvalue weighted by Gasteiger charge is -2.36. The largest absolute Gasteiger partial charge is 0.364 e. The molecule has 5 rings (SSSR count). The monoisotopic (exact) mass is 430 g/mol. The highest BCUT2D eigenvalue weighted by Crippen LogP contribution is 2.27.